The van der Waals surface area contributed by atoms with Gasteiger partial charge in [0.05, 0.1) is 12.8 Å². The summed E-state index contributed by atoms with van der Waals surface area (Å²) >= 11 is 0. The van der Waals surface area contributed by atoms with Crippen molar-refractivity contribution in [3.05, 3.63) is 59.8 Å². The van der Waals surface area contributed by atoms with Gasteiger partial charge in [-0.1, -0.05) is 22.9 Å². The number of hydrogen-bond acceptors (Lipinski definition) is 5. The van der Waals surface area contributed by atoms with Crippen molar-refractivity contribution in [1.82, 2.24) is 5.16 Å². The van der Waals surface area contributed by atoms with E-state index in [1.54, 1.807) is 37.3 Å². The molecular formula is C18H18N2O4S. The third-order valence-corrected chi connectivity index (χ3v) is 5.07. The minimum atomic E-state index is -3.83. The molecule has 6 nitrogen and oxygen atoms in total. The number of methoxy groups -OCH3 is 1. The van der Waals surface area contributed by atoms with Crippen LogP contribution in [0.1, 0.15) is 11.3 Å². The van der Waals surface area contributed by atoms with E-state index < -0.39 is 10.0 Å². The maximum absolute atomic E-state index is 12.8. The molecule has 25 heavy (non-hydrogen) atoms. The zero-order valence-electron chi connectivity index (χ0n) is 14.1. The second-order valence-electron chi connectivity index (χ2n) is 5.67. The summed E-state index contributed by atoms with van der Waals surface area (Å²) in [5, 5.41) is 3.83. The first-order chi connectivity index (χ1) is 11.9. The van der Waals surface area contributed by atoms with Crippen molar-refractivity contribution in [2.24, 2.45) is 0 Å². The number of nitrogens with zero attached hydrogens (tertiary/aromatic N) is 1. The molecule has 0 fully saturated rings. The fraction of sp³-hybridized carbons (Fsp3) is 0.167. The Balaban J connectivity index is 2.02. The molecule has 130 valence electrons. The molecule has 3 aromatic rings. The van der Waals surface area contributed by atoms with Crippen LogP contribution in [-0.2, 0) is 10.0 Å². The Kier molecular flexibility index (Phi) is 4.50. The van der Waals surface area contributed by atoms with E-state index in [9.17, 15) is 8.42 Å². The summed E-state index contributed by atoms with van der Waals surface area (Å²) in [4.78, 5) is 0.0297. The van der Waals surface area contributed by atoms with Crippen molar-refractivity contribution in [3.8, 4) is 17.1 Å². The van der Waals surface area contributed by atoms with Gasteiger partial charge in [-0.25, -0.2) is 8.42 Å². The molecule has 0 radical (unpaired) electrons. The number of aryl methyl sites for hydroxylation is 2. The van der Waals surface area contributed by atoms with Gasteiger partial charge in [0.1, 0.15) is 10.6 Å². The SMILES string of the molecule is COc1ccc(-c2cc(C)no2)cc1S(=O)(=O)Nc1ccc(C)cc1. The van der Waals surface area contributed by atoms with Crippen LogP contribution in [0.25, 0.3) is 11.3 Å². The zero-order chi connectivity index (χ0) is 18.0. The second kappa shape index (κ2) is 6.60. The summed E-state index contributed by atoms with van der Waals surface area (Å²) in [6.07, 6.45) is 0. The molecule has 0 amide bonds. The van der Waals surface area contributed by atoms with E-state index in [1.807, 2.05) is 19.1 Å². The first-order valence-corrected chi connectivity index (χ1v) is 9.08. The monoisotopic (exact) mass is 358 g/mol. The molecule has 1 aromatic heterocycles. The van der Waals surface area contributed by atoms with Gasteiger partial charge in [0, 0.05) is 17.3 Å². The summed E-state index contributed by atoms with van der Waals surface area (Å²) in [6, 6.07) is 13.7. The van der Waals surface area contributed by atoms with Crippen molar-refractivity contribution in [1.29, 1.82) is 0 Å². The lowest BCUT2D eigenvalue weighted by molar-refractivity contribution is 0.402. The first-order valence-electron chi connectivity index (χ1n) is 7.60. The van der Waals surface area contributed by atoms with Crippen molar-refractivity contribution in [2.45, 2.75) is 18.7 Å². The van der Waals surface area contributed by atoms with Gasteiger partial charge in [0.25, 0.3) is 10.0 Å². The minimum Gasteiger partial charge on any atom is -0.495 e. The molecule has 1 heterocycles. The molecule has 3 rings (SSSR count). The standard InChI is InChI=1S/C18H18N2O4S/c1-12-4-7-15(8-5-12)20-25(21,22)18-11-14(6-9-16(18)23-3)17-10-13(2)19-24-17/h4-11,20H,1-3H3. The normalized spacial score (nSPS) is 11.3. The van der Waals surface area contributed by atoms with Gasteiger partial charge in [0.2, 0.25) is 0 Å². The number of rotatable bonds is 5. The Hall–Kier alpha value is -2.80. The molecule has 0 unspecified atom stereocenters. The molecule has 1 N–H and O–H groups in total. The summed E-state index contributed by atoms with van der Waals surface area (Å²) in [6.45, 7) is 3.73. The van der Waals surface area contributed by atoms with Gasteiger partial charge in [-0.05, 0) is 44.2 Å². The van der Waals surface area contributed by atoms with Gasteiger partial charge in [-0.3, -0.25) is 4.72 Å². The summed E-state index contributed by atoms with van der Waals surface area (Å²) in [7, 11) is -2.40. The third-order valence-electron chi connectivity index (χ3n) is 3.67. The summed E-state index contributed by atoms with van der Waals surface area (Å²) in [5.74, 6) is 0.742. The van der Waals surface area contributed by atoms with Crippen LogP contribution in [0.5, 0.6) is 5.75 Å². The lowest BCUT2D eigenvalue weighted by atomic mass is 10.1. The predicted molar refractivity (Wildman–Crippen MR) is 95.2 cm³/mol. The molecule has 0 aliphatic rings. The van der Waals surface area contributed by atoms with E-state index >= 15 is 0 Å². The highest BCUT2D eigenvalue weighted by molar-refractivity contribution is 7.92. The van der Waals surface area contributed by atoms with Crippen molar-refractivity contribution >= 4 is 15.7 Å². The van der Waals surface area contributed by atoms with Crippen LogP contribution in [0.15, 0.2) is 57.9 Å². The number of hydrogen-bond donors (Lipinski definition) is 1. The Bertz CT molecular complexity index is 992. The van der Waals surface area contributed by atoms with E-state index in [0.717, 1.165) is 5.56 Å². The fourth-order valence-corrected chi connectivity index (χ4v) is 3.63. The average molecular weight is 358 g/mol. The van der Waals surface area contributed by atoms with Crippen molar-refractivity contribution < 1.29 is 17.7 Å². The number of anilines is 1. The highest BCUT2D eigenvalue weighted by atomic mass is 32.2. The number of benzene rings is 2. The molecule has 2 aromatic carbocycles. The van der Waals surface area contributed by atoms with Crippen LogP contribution in [0.3, 0.4) is 0 Å². The van der Waals surface area contributed by atoms with E-state index in [0.29, 0.717) is 22.7 Å². The van der Waals surface area contributed by atoms with Crippen LogP contribution in [0.2, 0.25) is 0 Å². The van der Waals surface area contributed by atoms with Gasteiger partial charge >= 0.3 is 0 Å². The minimum absolute atomic E-state index is 0.0297. The third kappa shape index (κ3) is 3.66. The second-order valence-corrected chi connectivity index (χ2v) is 7.32. The van der Waals surface area contributed by atoms with Gasteiger partial charge in [0.15, 0.2) is 5.76 Å². The molecule has 0 saturated heterocycles. The van der Waals surface area contributed by atoms with E-state index in [-0.39, 0.29) is 10.6 Å². The van der Waals surface area contributed by atoms with Crippen LogP contribution in [0, 0.1) is 13.8 Å². The maximum Gasteiger partial charge on any atom is 0.265 e. The maximum atomic E-state index is 12.8. The lowest BCUT2D eigenvalue weighted by Gasteiger charge is -2.12. The Morgan fingerprint density at radius 1 is 1.04 bits per heavy atom. The number of ether oxygens (including phenoxy) is 1. The quantitative estimate of drug-likeness (QED) is 0.751. The fourth-order valence-electron chi connectivity index (χ4n) is 2.37. The predicted octanol–water partition coefficient (Wildman–Crippen LogP) is 3.77. The zero-order valence-corrected chi connectivity index (χ0v) is 14.9. The lowest BCUT2D eigenvalue weighted by Crippen LogP contribution is -2.14. The van der Waals surface area contributed by atoms with Crippen LogP contribution in [0.4, 0.5) is 5.69 Å². The Morgan fingerprint density at radius 2 is 1.76 bits per heavy atom. The molecule has 0 saturated carbocycles. The Morgan fingerprint density at radius 3 is 2.36 bits per heavy atom. The number of aromatic nitrogens is 1. The van der Waals surface area contributed by atoms with E-state index in [4.69, 9.17) is 9.26 Å². The molecule has 0 aliphatic heterocycles. The van der Waals surface area contributed by atoms with Gasteiger partial charge < -0.3 is 9.26 Å². The van der Waals surface area contributed by atoms with E-state index in [2.05, 4.69) is 9.88 Å². The number of sulfonamides is 1. The highest BCUT2D eigenvalue weighted by Gasteiger charge is 2.21. The topological polar surface area (TPSA) is 81.4 Å². The van der Waals surface area contributed by atoms with Crippen molar-refractivity contribution in [2.75, 3.05) is 11.8 Å². The largest absolute Gasteiger partial charge is 0.495 e. The molecule has 0 bridgehead atoms. The molecule has 0 spiro atoms. The average Bonchev–Trinajstić information content (AvgIpc) is 3.02. The van der Waals surface area contributed by atoms with Gasteiger partial charge in [-0.15, -0.1) is 0 Å². The first kappa shape index (κ1) is 17.0. The van der Waals surface area contributed by atoms with Crippen LogP contribution < -0.4 is 9.46 Å². The number of nitrogens with one attached hydrogen (secondary N) is 1. The van der Waals surface area contributed by atoms with Gasteiger partial charge in [-0.2, -0.15) is 0 Å². The van der Waals surface area contributed by atoms with Crippen LogP contribution in [-0.4, -0.2) is 20.7 Å². The summed E-state index contributed by atoms with van der Waals surface area (Å²) in [5.41, 5.74) is 2.84. The molecular weight excluding hydrogens is 340 g/mol. The Labute approximate surface area is 146 Å². The smallest absolute Gasteiger partial charge is 0.265 e. The molecule has 7 heteroatoms. The van der Waals surface area contributed by atoms with Crippen LogP contribution >= 0.6 is 0 Å². The van der Waals surface area contributed by atoms with Crippen molar-refractivity contribution in [3.63, 3.8) is 0 Å². The molecule has 0 atom stereocenters. The van der Waals surface area contributed by atoms with E-state index in [1.165, 1.54) is 13.2 Å². The molecule has 0 aliphatic carbocycles. The highest BCUT2D eigenvalue weighted by Crippen LogP contribution is 2.31. The summed E-state index contributed by atoms with van der Waals surface area (Å²) < 4.78 is 38.6.